The third-order valence-corrected chi connectivity index (χ3v) is 9.77. The van der Waals surface area contributed by atoms with E-state index in [1.54, 1.807) is 0 Å². The first-order valence-corrected chi connectivity index (χ1v) is 16.4. The van der Waals surface area contributed by atoms with Crippen molar-refractivity contribution in [3.05, 3.63) is 130 Å². The Hall–Kier alpha value is -2.48. The van der Waals surface area contributed by atoms with Crippen LogP contribution in [0.2, 0.25) is 0 Å². The van der Waals surface area contributed by atoms with Gasteiger partial charge in [-0.15, -0.1) is 24.8 Å². The summed E-state index contributed by atoms with van der Waals surface area (Å²) < 4.78 is 0. The fourth-order valence-corrected chi connectivity index (χ4v) is 7.74. The van der Waals surface area contributed by atoms with E-state index < -0.39 is 0 Å². The van der Waals surface area contributed by atoms with Crippen molar-refractivity contribution in [1.29, 1.82) is 0 Å². The minimum Gasteiger partial charge on any atom is -0.412 e. The van der Waals surface area contributed by atoms with Crippen LogP contribution in [0.5, 0.6) is 0 Å². The van der Waals surface area contributed by atoms with Crippen molar-refractivity contribution in [1.82, 2.24) is 9.80 Å². The van der Waals surface area contributed by atoms with Crippen molar-refractivity contribution >= 4 is 59.5 Å². The molecule has 0 saturated carbocycles. The van der Waals surface area contributed by atoms with Gasteiger partial charge in [0.1, 0.15) is 0 Å². The van der Waals surface area contributed by atoms with Gasteiger partial charge in [-0.05, 0) is 124 Å². The van der Waals surface area contributed by atoms with Crippen LogP contribution in [0.4, 0.5) is 0 Å². The summed E-state index contributed by atoms with van der Waals surface area (Å²) in [5.41, 5.74) is 10.9. The monoisotopic (exact) mass is 680 g/mol. The van der Waals surface area contributed by atoms with E-state index in [-0.39, 0.29) is 30.3 Å². The van der Waals surface area contributed by atoms with Crippen LogP contribution < -0.4 is 0 Å². The summed E-state index contributed by atoms with van der Waals surface area (Å²) >= 11 is 3.78. The zero-order valence-electron chi connectivity index (χ0n) is 27.1. The summed E-state index contributed by atoms with van der Waals surface area (Å²) in [5.74, 6) is 0. The second kappa shape index (κ2) is 18.0. The minimum absolute atomic E-state index is 0. The Kier molecular flexibility index (Phi) is 15.5. The quantitative estimate of drug-likeness (QED) is 0.176. The largest absolute Gasteiger partial charge is 0.412 e. The molecule has 0 spiro atoms. The van der Waals surface area contributed by atoms with Crippen LogP contribution in [0.15, 0.2) is 117 Å². The Morgan fingerprint density at radius 3 is 1.24 bits per heavy atom. The van der Waals surface area contributed by atoms with E-state index in [1.807, 2.05) is 23.5 Å². The van der Waals surface area contributed by atoms with Crippen LogP contribution in [-0.4, -0.2) is 56.6 Å². The molecule has 0 saturated heterocycles. The SMILES string of the molecule is Cc1ccc2c(c1)Sc1ccccc1/C2=C\CCN(C)C.Cc1ccc2c(c1)Sc1ccccc1/C2=C\CCN(C)C.Cl.Cl.O. The van der Waals surface area contributed by atoms with Gasteiger partial charge in [-0.2, -0.15) is 0 Å². The molecule has 0 unspecified atom stereocenters. The lowest BCUT2D eigenvalue weighted by Crippen LogP contribution is -2.12. The van der Waals surface area contributed by atoms with E-state index in [0.29, 0.717) is 0 Å². The predicted octanol–water partition coefficient (Wildman–Crippen LogP) is 9.70. The van der Waals surface area contributed by atoms with Gasteiger partial charge in [0.2, 0.25) is 0 Å². The first-order valence-electron chi connectivity index (χ1n) is 14.8. The molecule has 2 aliphatic rings. The van der Waals surface area contributed by atoms with Crippen LogP contribution in [0, 0.1) is 13.8 Å². The molecule has 3 nitrogen and oxygen atoms in total. The average molecular weight is 682 g/mol. The molecule has 2 N–H and O–H groups in total. The molecular formula is C38H46Cl2N2OS2. The molecule has 2 aliphatic heterocycles. The van der Waals surface area contributed by atoms with Gasteiger partial charge in [0.05, 0.1) is 0 Å². The summed E-state index contributed by atoms with van der Waals surface area (Å²) in [5, 5.41) is 0. The summed E-state index contributed by atoms with van der Waals surface area (Å²) in [6.07, 6.45) is 6.95. The fourth-order valence-electron chi connectivity index (χ4n) is 5.33. The maximum Gasteiger partial charge on any atom is 0.0203 e. The van der Waals surface area contributed by atoms with E-state index in [9.17, 15) is 0 Å². The maximum absolute atomic E-state index is 2.40. The number of hydrogen-bond acceptors (Lipinski definition) is 4. The van der Waals surface area contributed by atoms with Gasteiger partial charge >= 0.3 is 0 Å². The second-order valence-corrected chi connectivity index (χ2v) is 13.8. The number of halogens is 2. The van der Waals surface area contributed by atoms with Crippen LogP contribution >= 0.6 is 48.3 Å². The standard InChI is InChI=1S/2C19H21NS.2ClH.H2O/c2*1-14-10-11-17-15(8-6-12-20(2)3)16-7-4-5-9-18(16)21-19(17)13-14;;;/h2*4-5,7-11,13H,6,12H2,1-3H3;2*1H;1H2/b2*15-8+;;;. The molecule has 0 amide bonds. The Labute approximate surface area is 291 Å². The van der Waals surface area contributed by atoms with Gasteiger partial charge in [-0.1, -0.05) is 96.3 Å². The van der Waals surface area contributed by atoms with E-state index in [4.69, 9.17) is 0 Å². The number of fused-ring (bicyclic) bond motifs is 4. The van der Waals surface area contributed by atoms with Crippen molar-refractivity contribution < 1.29 is 5.48 Å². The Balaban J connectivity index is 0.000000294. The van der Waals surface area contributed by atoms with Crippen molar-refractivity contribution in [3.8, 4) is 0 Å². The molecule has 0 bridgehead atoms. The summed E-state index contributed by atoms with van der Waals surface area (Å²) in [6.45, 7) is 6.49. The highest BCUT2D eigenvalue weighted by atomic mass is 35.5. The summed E-state index contributed by atoms with van der Waals surface area (Å²) in [7, 11) is 8.50. The van der Waals surface area contributed by atoms with E-state index in [2.05, 4.69) is 149 Å². The molecule has 7 heteroatoms. The molecule has 0 radical (unpaired) electrons. The highest BCUT2D eigenvalue weighted by Gasteiger charge is 2.21. The number of benzene rings is 4. The zero-order valence-corrected chi connectivity index (χ0v) is 30.4. The molecule has 0 atom stereocenters. The Morgan fingerprint density at radius 1 is 0.511 bits per heavy atom. The van der Waals surface area contributed by atoms with Crippen molar-refractivity contribution in [2.24, 2.45) is 0 Å². The molecule has 4 aromatic rings. The molecule has 0 aromatic heterocycles. The normalized spacial score (nSPS) is 14.1. The number of hydrogen-bond donors (Lipinski definition) is 0. The van der Waals surface area contributed by atoms with Gasteiger partial charge in [0.15, 0.2) is 0 Å². The predicted molar refractivity (Wildman–Crippen MR) is 202 cm³/mol. The van der Waals surface area contributed by atoms with Gasteiger partial charge < -0.3 is 15.3 Å². The van der Waals surface area contributed by atoms with E-state index >= 15 is 0 Å². The smallest absolute Gasteiger partial charge is 0.0203 e. The van der Waals surface area contributed by atoms with Gasteiger partial charge in [0.25, 0.3) is 0 Å². The third kappa shape index (κ3) is 9.76. The molecule has 0 fully saturated rings. The van der Waals surface area contributed by atoms with Crippen LogP contribution in [0.3, 0.4) is 0 Å². The highest BCUT2D eigenvalue weighted by molar-refractivity contribution is 7.99. The fraction of sp³-hybridized carbons (Fsp3) is 0.263. The Bertz CT molecular complexity index is 1510. The first-order chi connectivity index (χ1) is 20.3. The van der Waals surface area contributed by atoms with Gasteiger partial charge in [0, 0.05) is 32.7 Å². The van der Waals surface area contributed by atoms with E-state index in [0.717, 1.165) is 25.9 Å². The summed E-state index contributed by atoms with van der Waals surface area (Å²) in [4.78, 5) is 9.96. The summed E-state index contributed by atoms with van der Waals surface area (Å²) in [6, 6.07) is 31.1. The average Bonchev–Trinajstić information content (AvgIpc) is 2.96. The number of nitrogens with zero attached hydrogens (tertiary/aromatic N) is 2. The van der Waals surface area contributed by atoms with Crippen LogP contribution in [0.1, 0.15) is 46.2 Å². The number of rotatable bonds is 6. The molecule has 240 valence electrons. The van der Waals surface area contributed by atoms with Crippen molar-refractivity contribution in [2.75, 3.05) is 41.3 Å². The maximum atomic E-state index is 2.40. The van der Waals surface area contributed by atoms with Crippen LogP contribution in [0.25, 0.3) is 11.1 Å². The van der Waals surface area contributed by atoms with Crippen molar-refractivity contribution in [3.63, 3.8) is 0 Å². The molecule has 45 heavy (non-hydrogen) atoms. The second-order valence-electron chi connectivity index (χ2n) is 11.6. The van der Waals surface area contributed by atoms with E-state index in [1.165, 1.54) is 64.1 Å². The zero-order chi connectivity index (χ0) is 29.6. The lowest BCUT2D eigenvalue weighted by atomic mass is 9.95. The number of aryl methyl sites for hydroxylation is 2. The molecule has 0 aliphatic carbocycles. The van der Waals surface area contributed by atoms with Crippen molar-refractivity contribution in [2.45, 2.75) is 46.3 Å². The topological polar surface area (TPSA) is 38.0 Å². The lowest BCUT2D eigenvalue weighted by molar-refractivity contribution is 0.417. The van der Waals surface area contributed by atoms with Gasteiger partial charge in [-0.3, -0.25) is 0 Å². The minimum atomic E-state index is 0. The lowest BCUT2D eigenvalue weighted by Gasteiger charge is -2.22. The molecule has 2 heterocycles. The first kappa shape index (κ1) is 38.7. The third-order valence-electron chi connectivity index (χ3n) is 7.50. The molecular weight excluding hydrogens is 635 g/mol. The molecule has 4 aromatic carbocycles. The van der Waals surface area contributed by atoms with Gasteiger partial charge in [-0.25, -0.2) is 0 Å². The Morgan fingerprint density at radius 2 is 0.867 bits per heavy atom. The van der Waals surface area contributed by atoms with Crippen LogP contribution in [-0.2, 0) is 0 Å². The molecule has 6 rings (SSSR count). The highest BCUT2D eigenvalue weighted by Crippen LogP contribution is 2.46.